The van der Waals surface area contributed by atoms with E-state index < -0.39 is 0 Å². The maximum atomic E-state index is 5.95. The zero-order valence-electron chi connectivity index (χ0n) is 12.8. The maximum Gasteiger partial charge on any atom is 0.165 e. The quantitative estimate of drug-likeness (QED) is 0.731. The minimum atomic E-state index is 0.671. The Morgan fingerprint density at radius 1 is 1.25 bits per heavy atom. The summed E-state index contributed by atoms with van der Waals surface area (Å²) in [5.41, 5.74) is 1.20. The molecule has 0 heterocycles. The highest BCUT2D eigenvalue weighted by Gasteiger charge is 2.16. The van der Waals surface area contributed by atoms with Crippen LogP contribution in [0, 0.1) is 0 Å². The summed E-state index contributed by atoms with van der Waals surface area (Å²) in [7, 11) is 1.70. The van der Waals surface area contributed by atoms with Crippen molar-refractivity contribution in [1.29, 1.82) is 0 Å². The lowest BCUT2D eigenvalue weighted by molar-refractivity contribution is 0.284. The van der Waals surface area contributed by atoms with E-state index in [-0.39, 0.29) is 0 Å². The lowest BCUT2D eigenvalue weighted by Crippen LogP contribution is -2.25. The molecule has 0 atom stereocenters. The molecule has 1 N–H and O–H groups in total. The minimum Gasteiger partial charge on any atom is -0.493 e. The van der Waals surface area contributed by atoms with Crippen LogP contribution in [0.2, 0.25) is 0 Å². The topological polar surface area (TPSA) is 30.5 Å². The van der Waals surface area contributed by atoms with E-state index in [2.05, 4.69) is 18.3 Å². The molecular formula is C17H27NO2. The predicted octanol–water partition coefficient (Wildman–Crippen LogP) is 3.91. The fourth-order valence-electron chi connectivity index (χ4n) is 2.73. The molecule has 1 aromatic rings. The van der Waals surface area contributed by atoms with Gasteiger partial charge in [-0.1, -0.05) is 38.3 Å². The summed E-state index contributed by atoms with van der Waals surface area (Å²) in [6.07, 6.45) is 7.54. The molecule has 1 aliphatic carbocycles. The number of para-hydroxylation sites is 1. The van der Waals surface area contributed by atoms with Crippen LogP contribution in [-0.4, -0.2) is 19.8 Å². The zero-order chi connectivity index (χ0) is 14.2. The van der Waals surface area contributed by atoms with Crippen molar-refractivity contribution in [3.05, 3.63) is 23.8 Å². The standard InChI is InChI=1S/C17H27NO2/c1-3-4-12-20-17-14(8-7-11-16(17)19-2)13-18-15-9-5-6-10-15/h7-8,11,15,18H,3-6,9-10,12-13H2,1-2H3. The highest BCUT2D eigenvalue weighted by Crippen LogP contribution is 2.31. The first-order valence-corrected chi connectivity index (χ1v) is 7.87. The van der Waals surface area contributed by atoms with Crippen LogP contribution >= 0.6 is 0 Å². The van der Waals surface area contributed by atoms with Crippen LogP contribution in [0.4, 0.5) is 0 Å². The van der Waals surface area contributed by atoms with Crippen molar-refractivity contribution in [2.75, 3.05) is 13.7 Å². The number of rotatable bonds is 8. The van der Waals surface area contributed by atoms with Crippen LogP contribution in [0.15, 0.2) is 18.2 Å². The summed E-state index contributed by atoms with van der Waals surface area (Å²) in [6, 6.07) is 6.81. The van der Waals surface area contributed by atoms with Crippen LogP contribution in [0.1, 0.15) is 51.0 Å². The molecule has 3 heteroatoms. The van der Waals surface area contributed by atoms with Gasteiger partial charge in [0.1, 0.15) is 0 Å². The second-order valence-electron chi connectivity index (χ2n) is 5.51. The van der Waals surface area contributed by atoms with Gasteiger partial charge in [0, 0.05) is 18.2 Å². The van der Waals surface area contributed by atoms with Crippen molar-refractivity contribution in [2.45, 2.75) is 58.0 Å². The smallest absolute Gasteiger partial charge is 0.165 e. The number of unbranched alkanes of at least 4 members (excludes halogenated alkanes) is 1. The van der Waals surface area contributed by atoms with Crippen molar-refractivity contribution < 1.29 is 9.47 Å². The van der Waals surface area contributed by atoms with E-state index >= 15 is 0 Å². The fraction of sp³-hybridized carbons (Fsp3) is 0.647. The first-order valence-electron chi connectivity index (χ1n) is 7.87. The molecule has 0 aromatic heterocycles. The second kappa shape index (κ2) is 8.15. The van der Waals surface area contributed by atoms with E-state index in [1.165, 1.54) is 31.2 Å². The van der Waals surface area contributed by atoms with Crippen molar-refractivity contribution in [3.8, 4) is 11.5 Å². The van der Waals surface area contributed by atoms with E-state index in [1.54, 1.807) is 7.11 Å². The van der Waals surface area contributed by atoms with Gasteiger partial charge in [-0.25, -0.2) is 0 Å². The molecule has 0 unspecified atom stereocenters. The summed E-state index contributed by atoms with van der Waals surface area (Å²) >= 11 is 0. The molecule has 1 aromatic carbocycles. The molecule has 20 heavy (non-hydrogen) atoms. The van der Waals surface area contributed by atoms with E-state index in [0.29, 0.717) is 6.04 Å². The van der Waals surface area contributed by atoms with E-state index in [4.69, 9.17) is 9.47 Å². The third-order valence-electron chi connectivity index (χ3n) is 3.96. The Labute approximate surface area is 122 Å². The summed E-state index contributed by atoms with van der Waals surface area (Å²) < 4.78 is 11.4. The first-order chi connectivity index (χ1) is 9.85. The number of ether oxygens (including phenoxy) is 2. The van der Waals surface area contributed by atoms with E-state index in [1.807, 2.05) is 12.1 Å². The fourth-order valence-corrected chi connectivity index (χ4v) is 2.73. The lowest BCUT2D eigenvalue weighted by Gasteiger charge is -2.17. The molecule has 112 valence electrons. The number of methoxy groups -OCH3 is 1. The van der Waals surface area contributed by atoms with Gasteiger partial charge >= 0.3 is 0 Å². The lowest BCUT2D eigenvalue weighted by atomic mass is 10.1. The average Bonchev–Trinajstić information content (AvgIpc) is 2.99. The van der Waals surface area contributed by atoms with Crippen molar-refractivity contribution >= 4 is 0 Å². The number of hydrogen-bond donors (Lipinski definition) is 1. The Morgan fingerprint density at radius 2 is 2.05 bits per heavy atom. The van der Waals surface area contributed by atoms with Gasteiger partial charge in [0.15, 0.2) is 11.5 Å². The Bertz CT molecular complexity index is 400. The average molecular weight is 277 g/mol. The zero-order valence-corrected chi connectivity index (χ0v) is 12.8. The minimum absolute atomic E-state index is 0.671. The van der Waals surface area contributed by atoms with Crippen LogP contribution in [0.25, 0.3) is 0 Å². The number of benzene rings is 1. The van der Waals surface area contributed by atoms with Crippen LogP contribution < -0.4 is 14.8 Å². The Morgan fingerprint density at radius 3 is 2.75 bits per heavy atom. The number of hydrogen-bond acceptors (Lipinski definition) is 3. The van der Waals surface area contributed by atoms with Crippen LogP contribution in [0.3, 0.4) is 0 Å². The highest BCUT2D eigenvalue weighted by molar-refractivity contribution is 5.46. The van der Waals surface area contributed by atoms with Gasteiger partial charge in [0.25, 0.3) is 0 Å². The molecule has 3 nitrogen and oxygen atoms in total. The summed E-state index contributed by atoms with van der Waals surface area (Å²) in [5.74, 6) is 1.75. The Hall–Kier alpha value is -1.22. The predicted molar refractivity (Wildman–Crippen MR) is 82.5 cm³/mol. The van der Waals surface area contributed by atoms with Gasteiger partial charge in [0.2, 0.25) is 0 Å². The third kappa shape index (κ3) is 4.14. The SMILES string of the molecule is CCCCOc1c(CNC2CCCC2)cccc1OC. The normalized spacial score (nSPS) is 15.5. The van der Waals surface area contributed by atoms with Gasteiger partial charge in [-0.05, 0) is 25.3 Å². The molecule has 0 aliphatic heterocycles. The van der Waals surface area contributed by atoms with Crippen molar-refractivity contribution in [1.82, 2.24) is 5.32 Å². The molecule has 0 amide bonds. The molecular weight excluding hydrogens is 250 g/mol. The van der Waals surface area contributed by atoms with Crippen molar-refractivity contribution in [3.63, 3.8) is 0 Å². The molecule has 1 aliphatic rings. The van der Waals surface area contributed by atoms with Crippen LogP contribution in [-0.2, 0) is 6.54 Å². The van der Waals surface area contributed by atoms with Gasteiger partial charge in [-0.15, -0.1) is 0 Å². The monoisotopic (exact) mass is 277 g/mol. The van der Waals surface area contributed by atoms with Crippen molar-refractivity contribution in [2.24, 2.45) is 0 Å². The van der Waals surface area contributed by atoms with Crippen LogP contribution in [0.5, 0.6) is 11.5 Å². The number of nitrogens with one attached hydrogen (secondary N) is 1. The summed E-state index contributed by atoms with van der Waals surface area (Å²) in [5, 5.41) is 3.64. The second-order valence-corrected chi connectivity index (χ2v) is 5.51. The summed E-state index contributed by atoms with van der Waals surface area (Å²) in [6.45, 7) is 3.80. The Kier molecular flexibility index (Phi) is 6.19. The van der Waals surface area contributed by atoms with Gasteiger partial charge in [-0.3, -0.25) is 0 Å². The van der Waals surface area contributed by atoms with Gasteiger partial charge in [0.05, 0.1) is 13.7 Å². The van der Waals surface area contributed by atoms with E-state index in [9.17, 15) is 0 Å². The molecule has 0 radical (unpaired) electrons. The maximum absolute atomic E-state index is 5.95. The molecule has 2 rings (SSSR count). The largest absolute Gasteiger partial charge is 0.493 e. The highest BCUT2D eigenvalue weighted by atomic mass is 16.5. The van der Waals surface area contributed by atoms with Gasteiger partial charge in [-0.2, -0.15) is 0 Å². The molecule has 0 bridgehead atoms. The molecule has 1 saturated carbocycles. The summed E-state index contributed by atoms with van der Waals surface area (Å²) in [4.78, 5) is 0. The third-order valence-corrected chi connectivity index (χ3v) is 3.96. The van der Waals surface area contributed by atoms with E-state index in [0.717, 1.165) is 37.5 Å². The Balaban J connectivity index is 2.00. The first kappa shape index (κ1) is 15.2. The van der Waals surface area contributed by atoms with Gasteiger partial charge < -0.3 is 14.8 Å². The molecule has 1 fully saturated rings. The molecule has 0 saturated heterocycles. The molecule has 0 spiro atoms.